The van der Waals surface area contributed by atoms with Gasteiger partial charge in [0.1, 0.15) is 16.5 Å². The second-order valence-corrected chi connectivity index (χ2v) is 3.92. The van der Waals surface area contributed by atoms with Gasteiger partial charge in [-0.25, -0.2) is 4.98 Å². The number of carboxylic acid groups (broad SMARTS) is 1. The lowest BCUT2D eigenvalue weighted by atomic mass is 9.89. The number of rotatable bonds is 1. The first kappa shape index (κ1) is 9.48. The number of halogens is 1. The number of aromatic nitrogens is 2. The Balaban J connectivity index is 2.34. The molecule has 1 atom stereocenters. The van der Waals surface area contributed by atoms with E-state index in [9.17, 15) is 4.79 Å². The second-order valence-electron chi connectivity index (χ2n) is 3.54. The molecular formula is C8H10ClN3O2. The van der Waals surface area contributed by atoms with E-state index < -0.39 is 11.5 Å². The highest BCUT2D eigenvalue weighted by Gasteiger charge is 2.38. The molecule has 1 unspecified atom stereocenters. The summed E-state index contributed by atoms with van der Waals surface area (Å²) in [5.41, 5.74) is 4.54. The molecule has 0 aliphatic carbocycles. The van der Waals surface area contributed by atoms with Crippen LogP contribution in [0.4, 0.5) is 0 Å². The van der Waals surface area contributed by atoms with E-state index in [2.05, 4.69) is 4.98 Å². The van der Waals surface area contributed by atoms with Gasteiger partial charge in [0.25, 0.3) is 0 Å². The fraction of sp³-hybridized carbons (Fsp3) is 0.500. The Bertz CT molecular complexity index is 390. The Labute approximate surface area is 85.5 Å². The summed E-state index contributed by atoms with van der Waals surface area (Å²) >= 11 is 5.84. The van der Waals surface area contributed by atoms with Crippen LogP contribution < -0.4 is 5.73 Å². The number of carbonyl (C=O) groups is 1. The number of hydrogen-bond acceptors (Lipinski definition) is 3. The van der Waals surface area contributed by atoms with Gasteiger partial charge in [0, 0.05) is 13.0 Å². The molecule has 2 rings (SSSR count). The highest BCUT2D eigenvalue weighted by Crippen LogP contribution is 2.25. The summed E-state index contributed by atoms with van der Waals surface area (Å²) in [6, 6.07) is 0. The van der Waals surface area contributed by atoms with Gasteiger partial charge in [-0.2, -0.15) is 0 Å². The van der Waals surface area contributed by atoms with E-state index in [1.54, 1.807) is 4.57 Å². The number of fused-ring (bicyclic) bond motifs is 1. The maximum atomic E-state index is 10.9. The average molecular weight is 216 g/mol. The predicted octanol–water partition coefficient (Wildman–Crippen LogP) is 0.265. The van der Waals surface area contributed by atoms with Crippen LogP contribution in [0.15, 0.2) is 6.20 Å². The SMILES string of the molecule is NC1(C(=O)O)CCn2c(Cl)cnc2C1. The summed E-state index contributed by atoms with van der Waals surface area (Å²) in [7, 11) is 0. The molecule has 14 heavy (non-hydrogen) atoms. The molecule has 1 aliphatic rings. The van der Waals surface area contributed by atoms with Crippen LogP contribution in [0, 0.1) is 0 Å². The van der Waals surface area contributed by atoms with Crippen molar-refractivity contribution in [1.29, 1.82) is 0 Å². The van der Waals surface area contributed by atoms with Gasteiger partial charge in [0.05, 0.1) is 6.20 Å². The highest BCUT2D eigenvalue weighted by atomic mass is 35.5. The Morgan fingerprint density at radius 2 is 2.50 bits per heavy atom. The summed E-state index contributed by atoms with van der Waals surface area (Å²) in [5.74, 6) is -0.339. The fourth-order valence-corrected chi connectivity index (χ4v) is 1.86. The average Bonchev–Trinajstić information content (AvgIpc) is 2.47. The smallest absolute Gasteiger partial charge is 0.324 e. The van der Waals surface area contributed by atoms with Gasteiger partial charge < -0.3 is 15.4 Å². The minimum Gasteiger partial charge on any atom is -0.480 e. The van der Waals surface area contributed by atoms with Crippen LogP contribution in [0.2, 0.25) is 5.15 Å². The standard InChI is InChI=1S/C8H10ClN3O2/c9-5-4-11-6-3-8(10,7(13)14)1-2-12(5)6/h4H,1-3,10H2,(H,13,14). The largest absolute Gasteiger partial charge is 0.480 e. The molecule has 0 radical (unpaired) electrons. The predicted molar refractivity (Wildman–Crippen MR) is 50.1 cm³/mol. The van der Waals surface area contributed by atoms with Crippen molar-refractivity contribution in [2.24, 2.45) is 5.73 Å². The van der Waals surface area contributed by atoms with Gasteiger partial charge in [-0.1, -0.05) is 11.6 Å². The van der Waals surface area contributed by atoms with E-state index in [-0.39, 0.29) is 6.42 Å². The van der Waals surface area contributed by atoms with Gasteiger partial charge in [0.2, 0.25) is 0 Å². The third-order valence-electron chi connectivity index (χ3n) is 2.57. The first-order valence-electron chi connectivity index (χ1n) is 4.25. The lowest BCUT2D eigenvalue weighted by Crippen LogP contribution is -2.53. The van der Waals surface area contributed by atoms with Gasteiger partial charge in [-0.05, 0) is 6.42 Å². The number of nitrogens with two attached hydrogens (primary N) is 1. The van der Waals surface area contributed by atoms with Crippen molar-refractivity contribution in [2.45, 2.75) is 24.9 Å². The number of carboxylic acids is 1. The number of hydrogen-bond donors (Lipinski definition) is 2. The van der Waals surface area contributed by atoms with Crippen LogP contribution in [0.1, 0.15) is 12.2 Å². The van der Waals surface area contributed by atoms with E-state index in [0.717, 1.165) is 0 Å². The van der Waals surface area contributed by atoms with E-state index in [1.165, 1.54) is 6.20 Å². The summed E-state index contributed by atoms with van der Waals surface area (Å²) in [5, 5.41) is 9.47. The Morgan fingerprint density at radius 3 is 3.14 bits per heavy atom. The van der Waals surface area contributed by atoms with Crippen molar-refractivity contribution < 1.29 is 9.90 Å². The van der Waals surface area contributed by atoms with Gasteiger partial charge in [-0.15, -0.1) is 0 Å². The molecule has 0 aromatic carbocycles. The maximum absolute atomic E-state index is 10.9. The molecule has 6 heteroatoms. The molecule has 0 saturated heterocycles. The van der Waals surface area contributed by atoms with Crippen molar-refractivity contribution in [3.8, 4) is 0 Å². The molecule has 76 valence electrons. The van der Waals surface area contributed by atoms with Gasteiger partial charge in [0.15, 0.2) is 0 Å². The maximum Gasteiger partial charge on any atom is 0.324 e. The molecule has 1 aromatic heterocycles. The minimum absolute atomic E-state index is 0.231. The van der Waals surface area contributed by atoms with Crippen molar-refractivity contribution in [3.05, 3.63) is 17.2 Å². The van der Waals surface area contributed by atoms with Crippen LogP contribution in [-0.2, 0) is 17.8 Å². The monoisotopic (exact) mass is 215 g/mol. The van der Waals surface area contributed by atoms with Gasteiger partial charge in [-0.3, -0.25) is 4.79 Å². The Hall–Kier alpha value is -1.07. The first-order valence-corrected chi connectivity index (χ1v) is 4.63. The Kier molecular flexibility index (Phi) is 2.01. The molecule has 5 nitrogen and oxygen atoms in total. The molecule has 3 N–H and O–H groups in total. The second kappa shape index (κ2) is 2.96. The topological polar surface area (TPSA) is 81.1 Å². The van der Waals surface area contributed by atoms with E-state index in [0.29, 0.717) is 23.9 Å². The van der Waals surface area contributed by atoms with Crippen LogP contribution in [0.3, 0.4) is 0 Å². The summed E-state index contributed by atoms with van der Waals surface area (Å²) in [4.78, 5) is 14.9. The normalized spacial score (nSPS) is 25.9. The Morgan fingerprint density at radius 1 is 1.79 bits per heavy atom. The van der Waals surface area contributed by atoms with E-state index in [1.807, 2.05) is 0 Å². The van der Waals surface area contributed by atoms with Crippen LogP contribution in [-0.4, -0.2) is 26.2 Å². The zero-order valence-corrected chi connectivity index (χ0v) is 8.16. The van der Waals surface area contributed by atoms with Crippen molar-refractivity contribution in [3.63, 3.8) is 0 Å². The van der Waals surface area contributed by atoms with Crippen molar-refractivity contribution >= 4 is 17.6 Å². The number of aliphatic carboxylic acids is 1. The number of imidazole rings is 1. The molecule has 0 bridgehead atoms. The van der Waals surface area contributed by atoms with Crippen LogP contribution in [0.25, 0.3) is 0 Å². The first-order chi connectivity index (χ1) is 6.53. The van der Waals surface area contributed by atoms with E-state index >= 15 is 0 Å². The lowest BCUT2D eigenvalue weighted by molar-refractivity contribution is -0.144. The van der Waals surface area contributed by atoms with Crippen molar-refractivity contribution in [1.82, 2.24) is 9.55 Å². The molecule has 2 heterocycles. The van der Waals surface area contributed by atoms with E-state index in [4.69, 9.17) is 22.4 Å². The lowest BCUT2D eigenvalue weighted by Gasteiger charge is -2.29. The quantitative estimate of drug-likeness (QED) is 0.705. The minimum atomic E-state index is -1.19. The molecule has 1 aromatic rings. The molecule has 0 saturated carbocycles. The zero-order valence-electron chi connectivity index (χ0n) is 7.40. The fourth-order valence-electron chi connectivity index (χ4n) is 1.63. The molecule has 1 aliphatic heterocycles. The highest BCUT2D eigenvalue weighted by molar-refractivity contribution is 6.29. The third-order valence-corrected chi connectivity index (χ3v) is 2.87. The summed E-state index contributed by atoms with van der Waals surface area (Å²) in [6.45, 7) is 0.511. The molecular weight excluding hydrogens is 206 g/mol. The van der Waals surface area contributed by atoms with Gasteiger partial charge >= 0.3 is 5.97 Å². The summed E-state index contributed by atoms with van der Waals surface area (Å²) < 4.78 is 1.79. The number of nitrogens with zero attached hydrogens (tertiary/aromatic N) is 2. The zero-order chi connectivity index (χ0) is 10.3. The van der Waals surface area contributed by atoms with Crippen LogP contribution in [0.5, 0.6) is 0 Å². The molecule has 0 amide bonds. The van der Waals surface area contributed by atoms with Crippen molar-refractivity contribution in [2.75, 3.05) is 0 Å². The molecule has 0 fully saturated rings. The third kappa shape index (κ3) is 1.29. The van der Waals surface area contributed by atoms with Crippen LogP contribution >= 0.6 is 11.6 Å². The molecule has 0 spiro atoms. The summed E-state index contributed by atoms with van der Waals surface area (Å²) in [6.07, 6.45) is 2.13.